The number of likely N-dealkylation sites (tertiary alicyclic amines) is 1. The van der Waals surface area contributed by atoms with Crippen molar-refractivity contribution in [2.75, 3.05) is 18.4 Å². The molecule has 1 aliphatic heterocycles. The average molecular weight is 276 g/mol. The smallest absolute Gasteiger partial charge is 0.321 e. The number of aliphatic carboxylic acids is 1. The van der Waals surface area contributed by atoms with Gasteiger partial charge < -0.3 is 15.3 Å². The summed E-state index contributed by atoms with van der Waals surface area (Å²) in [7, 11) is 0. The monoisotopic (exact) mass is 276 g/mol. The Labute approximate surface area is 118 Å². The Morgan fingerprint density at radius 1 is 1.30 bits per heavy atom. The molecule has 0 aliphatic carbocycles. The van der Waals surface area contributed by atoms with Gasteiger partial charge >= 0.3 is 12.0 Å². The number of urea groups is 1. The molecule has 0 radical (unpaired) electrons. The third-order valence-electron chi connectivity index (χ3n) is 3.60. The molecule has 108 valence electrons. The number of hydrogen-bond acceptors (Lipinski definition) is 2. The van der Waals surface area contributed by atoms with Gasteiger partial charge in [-0.1, -0.05) is 18.2 Å². The highest BCUT2D eigenvalue weighted by Crippen LogP contribution is 2.21. The number of hydrogen-bond donors (Lipinski definition) is 2. The number of piperidine rings is 1. The van der Waals surface area contributed by atoms with Gasteiger partial charge in [0.1, 0.15) is 0 Å². The normalized spacial score (nSPS) is 18.6. The Balaban J connectivity index is 1.85. The molecule has 1 atom stereocenters. The second-order valence-electron chi connectivity index (χ2n) is 5.18. The molecule has 5 heteroatoms. The van der Waals surface area contributed by atoms with Gasteiger partial charge in [-0.2, -0.15) is 0 Å². The van der Waals surface area contributed by atoms with E-state index in [1.54, 1.807) is 4.90 Å². The highest BCUT2D eigenvalue weighted by molar-refractivity contribution is 5.89. The number of para-hydroxylation sites is 1. The number of rotatable bonds is 4. The van der Waals surface area contributed by atoms with Crippen molar-refractivity contribution in [2.45, 2.75) is 25.7 Å². The van der Waals surface area contributed by atoms with E-state index >= 15 is 0 Å². The molecule has 20 heavy (non-hydrogen) atoms. The summed E-state index contributed by atoms with van der Waals surface area (Å²) in [4.78, 5) is 24.5. The van der Waals surface area contributed by atoms with E-state index in [0.29, 0.717) is 18.9 Å². The summed E-state index contributed by atoms with van der Waals surface area (Å²) >= 11 is 0. The van der Waals surface area contributed by atoms with E-state index in [9.17, 15) is 9.59 Å². The molecule has 1 aliphatic rings. The summed E-state index contributed by atoms with van der Waals surface area (Å²) in [6.45, 7) is 1.38. The Kier molecular flexibility index (Phi) is 4.98. The fraction of sp³-hybridized carbons (Fsp3) is 0.467. The molecule has 1 saturated heterocycles. The third kappa shape index (κ3) is 4.26. The first-order valence-corrected chi connectivity index (χ1v) is 6.98. The lowest BCUT2D eigenvalue weighted by atomic mass is 9.93. The van der Waals surface area contributed by atoms with Crippen LogP contribution in [0.3, 0.4) is 0 Å². The number of carbonyl (C=O) groups excluding carboxylic acids is 1. The lowest BCUT2D eigenvalue weighted by molar-refractivity contribution is -0.137. The van der Waals surface area contributed by atoms with Gasteiger partial charge in [-0.05, 0) is 37.3 Å². The zero-order valence-corrected chi connectivity index (χ0v) is 11.4. The first kappa shape index (κ1) is 14.4. The number of anilines is 1. The molecule has 2 amide bonds. The average Bonchev–Trinajstić information content (AvgIpc) is 2.46. The van der Waals surface area contributed by atoms with Crippen LogP contribution in [0.4, 0.5) is 10.5 Å². The zero-order chi connectivity index (χ0) is 14.4. The van der Waals surface area contributed by atoms with Gasteiger partial charge in [-0.3, -0.25) is 4.79 Å². The van der Waals surface area contributed by atoms with Crippen molar-refractivity contribution in [1.29, 1.82) is 0 Å². The molecule has 2 rings (SSSR count). The van der Waals surface area contributed by atoms with Gasteiger partial charge in [0.25, 0.3) is 0 Å². The largest absolute Gasteiger partial charge is 0.481 e. The Morgan fingerprint density at radius 2 is 2.05 bits per heavy atom. The van der Waals surface area contributed by atoms with E-state index < -0.39 is 5.97 Å². The third-order valence-corrected chi connectivity index (χ3v) is 3.60. The molecular formula is C15H20N2O3. The van der Waals surface area contributed by atoms with Crippen LogP contribution in [0, 0.1) is 5.92 Å². The summed E-state index contributed by atoms with van der Waals surface area (Å²) in [6, 6.07) is 9.26. The number of carboxylic acid groups (broad SMARTS) is 1. The van der Waals surface area contributed by atoms with Crippen LogP contribution in [0.5, 0.6) is 0 Å². The standard InChI is InChI=1S/C15H20N2O3/c18-14(19)9-8-12-5-4-10-17(11-12)15(20)16-13-6-2-1-3-7-13/h1-3,6-7,12H,4-5,8-11H2,(H,16,20)(H,18,19)/t12-/m0/s1. The van der Waals surface area contributed by atoms with Crippen LogP contribution in [-0.2, 0) is 4.79 Å². The van der Waals surface area contributed by atoms with Crippen molar-refractivity contribution in [3.63, 3.8) is 0 Å². The van der Waals surface area contributed by atoms with Crippen LogP contribution in [-0.4, -0.2) is 35.1 Å². The van der Waals surface area contributed by atoms with Gasteiger partial charge in [0.15, 0.2) is 0 Å². The topological polar surface area (TPSA) is 69.6 Å². The maximum absolute atomic E-state index is 12.1. The molecule has 0 aromatic heterocycles. The number of amides is 2. The Hall–Kier alpha value is -2.04. The predicted octanol–water partition coefficient (Wildman–Crippen LogP) is 2.80. The Morgan fingerprint density at radius 3 is 2.75 bits per heavy atom. The minimum Gasteiger partial charge on any atom is -0.481 e. The number of nitrogens with zero attached hydrogens (tertiary/aromatic N) is 1. The highest BCUT2D eigenvalue weighted by Gasteiger charge is 2.23. The highest BCUT2D eigenvalue weighted by atomic mass is 16.4. The molecule has 1 aromatic rings. The number of carboxylic acids is 1. The molecule has 5 nitrogen and oxygen atoms in total. The second-order valence-corrected chi connectivity index (χ2v) is 5.18. The minimum absolute atomic E-state index is 0.101. The van der Waals surface area contributed by atoms with Crippen molar-refractivity contribution in [2.24, 2.45) is 5.92 Å². The quantitative estimate of drug-likeness (QED) is 0.888. The van der Waals surface area contributed by atoms with Gasteiger partial charge in [0.2, 0.25) is 0 Å². The Bertz CT molecular complexity index is 461. The van der Waals surface area contributed by atoms with Crippen molar-refractivity contribution in [3.05, 3.63) is 30.3 Å². The maximum atomic E-state index is 12.1. The van der Waals surface area contributed by atoms with E-state index in [2.05, 4.69) is 5.32 Å². The lowest BCUT2D eigenvalue weighted by Crippen LogP contribution is -2.42. The summed E-state index contributed by atoms with van der Waals surface area (Å²) in [6.07, 6.45) is 2.76. The summed E-state index contributed by atoms with van der Waals surface area (Å²) in [5.74, 6) is -0.475. The number of carbonyl (C=O) groups is 2. The maximum Gasteiger partial charge on any atom is 0.321 e. The summed E-state index contributed by atoms with van der Waals surface area (Å²) in [5, 5.41) is 11.6. The van der Waals surface area contributed by atoms with Crippen LogP contribution in [0.2, 0.25) is 0 Å². The van der Waals surface area contributed by atoms with E-state index in [4.69, 9.17) is 5.11 Å². The molecular weight excluding hydrogens is 256 g/mol. The van der Waals surface area contributed by atoms with Gasteiger partial charge in [-0.15, -0.1) is 0 Å². The molecule has 2 N–H and O–H groups in total. The molecule has 0 spiro atoms. The van der Waals surface area contributed by atoms with Crippen LogP contribution < -0.4 is 5.32 Å². The van der Waals surface area contributed by atoms with Crippen molar-refractivity contribution in [3.8, 4) is 0 Å². The number of benzene rings is 1. The molecule has 0 bridgehead atoms. The van der Waals surface area contributed by atoms with Crippen molar-refractivity contribution in [1.82, 2.24) is 4.90 Å². The van der Waals surface area contributed by atoms with E-state index in [1.807, 2.05) is 30.3 Å². The fourth-order valence-corrected chi connectivity index (χ4v) is 2.54. The van der Waals surface area contributed by atoms with Crippen molar-refractivity contribution < 1.29 is 14.7 Å². The van der Waals surface area contributed by atoms with Crippen LogP contribution >= 0.6 is 0 Å². The van der Waals surface area contributed by atoms with Crippen LogP contribution in [0.1, 0.15) is 25.7 Å². The zero-order valence-electron chi connectivity index (χ0n) is 11.4. The molecule has 1 aromatic carbocycles. The first-order valence-electron chi connectivity index (χ1n) is 6.98. The molecule has 0 saturated carbocycles. The minimum atomic E-state index is -0.768. The van der Waals surface area contributed by atoms with Gasteiger partial charge in [-0.25, -0.2) is 4.79 Å². The van der Waals surface area contributed by atoms with E-state index in [0.717, 1.165) is 25.1 Å². The molecule has 1 heterocycles. The molecule has 0 unspecified atom stereocenters. The van der Waals surface area contributed by atoms with E-state index in [-0.39, 0.29) is 12.5 Å². The fourth-order valence-electron chi connectivity index (χ4n) is 2.54. The first-order chi connectivity index (χ1) is 9.65. The predicted molar refractivity (Wildman–Crippen MR) is 76.6 cm³/mol. The van der Waals surface area contributed by atoms with E-state index in [1.165, 1.54) is 0 Å². The summed E-state index contributed by atoms with van der Waals surface area (Å²) in [5.41, 5.74) is 0.783. The number of nitrogens with one attached hydrogen (secondary N) is 1. The second kappa shape index (κ2) is 6.93. The van der Waals surface area contributed by atoms with Gasteiger partial charge in [0.05, 0.1) is 0 Å². The van der Waals surface area contributed by atoms with Gasteiger partial charge in [0, 0.05) is 25.2 Å². The van der Waals surface area contributed by atoms with Crippen molar-refractivity contribution >= 4 is 17.7 Å². The molecule has 1 fully saturated rings. The van der Waals surface area contributed by atoms with Crippen LogP contribution in [0.25, 0.3) is 0 Å². The summed E-state index contributed by atoms with van der Waals surface area (Å²) < 4.78 is 0. The SMILES string of the molecule is O=C(O)CC[C@@H]1CCCN(C(=O)Nc2ccccc2)C1. The van der Waals surface area contributed by atoms with Crippen LogP contribution in [0.15, 0.2) is 30.3 Å². The lowest BCUT2D eigenvalue weighted by Gasteiger charge is -2.32.